The number of ether oxygens (including phenoxy) is 1. The molecule has 0 bridgehead atoms. The lowest BCUT2D eigenvalue weighted by atomic mass is 10.2. The molecule has 0 aliphatic rings. The maximum absolute atomic E-state index is 12.5. The van der Waals surface area contributed by atoms with E-state index in [1.54, 1.807) is 0 Å². The molecule has 13 heavy (non-hydrogen) atoms. The standard InChI is InChI=1S/C8H8BrF2NO/c1-4-7(8(10)11)5(13-2)3-6(9)12-4/h3,8H,1-2H3. The van der Waals surface area contributed by atoms with Gasteiger partial charge in [0.1, 0.15) is 10.4 Å². The summed E-state index contributed by atoms with van der Waals surface area (Å²) in [4.78, 5) is 3.86. The normalized spacial score (nSPS) is 10.6. The largest absolute Gasteiger partial charge is 0.496 e. The zero-order valence-corrected chi connectivity index (χ0v) is 8.73. The first-order valence-electron chi connectivity index (χ1n) is 3.55. The Hall–Kier alpha value is -0.710. The SMILES string of the molecule is COc1cc(Br)nc(C)c1C(F)F. The van der Waals surface area contributed by atoms with E-state index in [1.807, 2.05) is 0 Å². The van der Waals surface area contributed by atoms with Gasteiger partial charge in [-0.3, -0.25) is 0 Å². The second-order valence-electron chi connectivity index (χ2n) is 2.45. The van der Waals surface area contributed by atoms with Gasteiger partial charge in [0.05, 0.1) is 18.4 Å². The fourth-order valence-corrected chi connectivity index (χ4v) is 1.53. The molecule has 1 aromatic rings. The van der Waals surface area contributed by atoms with Crippen molar-refractivity contribution in [2.75, 3.05) is 7.11 Å². The van der Waals surface area contributed by atoms with Gasteiger partial charge in [0, 0.05) is 6.07 Å². The van der Waals surface area contributed by atoms with Gasteiger partial charge in [-0.1, -0.05) is 0 Å². The van der Waals surface area contributed by atoms with E-state index < -0.39 is 6.43 Å². The second-order valence-corrected chi connectivity index (χ2v) is 3.26. The molecular weight excluding hydrogens is 244 g/mol. The van der Waals surface area contributed by atoms with Gasteiger partial charge in [0.15, 0.2) is 0 Å². The van der Waals surface area contributed by atoms with Crippen molar-refractivity contribution in [1.82, 2.24) is 4.98 Å². The highest BCUT2D eigenvalue weighted by Crippen LogP contribution is 2.32. The van der Waals surface area contributed by atoms with Gasteiger partial charge in [0.2, 0.25) is 0 Å². The van der Waals surface area contributed by atoms with Crippen molar-refractivity contribution >= 4 is 15.9 Å². The predicted molar refractivity (Wildman–Crippen MR) is 48.2 cm³/mol. The summed E-state index contributed by atoms with van der Waals surface area (Å²) in [6.45, 7) is 1.52. The molecule has 0 unspecified atom stereocenters. The minimum Gasteiger partial charge on any atom is -0.496 e. The number of rotatable bonds is 2. The molecule has 0 saturated carbocycles. The van der Waals surface area contributed by atoms with Crippen molar-refractivity contribution in [2.24, 2.45) is 0 Å². The van der Waals surface area contributed by atoms with Crippen LogP contribution >= 0.6 is 15.9 Å². The highest BCUT2D eigenvalue weighted by atomic mass is 79.9. The highest BCUT2D eigenvalue weighted by Gasteiger charge is 2.18. The summed E-state index contributed by atoms with van der Waals surface area (Å²) < 4.78 is 30.3. The third-order valence-electron chi connectivity index (χ3n) is 1.62. The average molecular weight is 252 g/mol. The lowest BCUT2D eigenvalue weighted by molar-refractivity contribution is 0.145. The van der Waals surface area contributed by atoms with E-state index in [1.165, 1.54) is 20.1 Å². The molecule has 1 aromatic heterocycles. The number of aromatic nitrogens is 1. The number of hydrogen-bond acceptors (Lipinski definition) is 2. The Labute approximate surface area is 83.1 Å². The number of hydrogen-bond donors (Lipinski definition) is 0. The Morgan fingerprint density at radius 2 is 2.15 bits per heavy atom. The summed E-state index contributed by atoms with van der Waals surface area (Å²) in [6, 6.07) is 1.43. The van der Waals surface area contributed by atoms with Crippen LogP contribution in [-0.4, -0.2) is 12.1 Å². The van der Waals surface area contributed by atoms with Crippen LogP contribution in [0.25, 0.3) is 0 Å². The topological polar surface area (TPSA) is 22.1 Å². The first-order valence-corrected chi connectivity index (χ1v) is 4.34. The second kappa shape index (κ2) is 4.00. The van der Waals surface area contributed by atoms with E-state index in [4.69, 9.17) is 4.74 Å². The van der Waals surface area contributed by atoms with Crippen molar-refractivity contribution < 1.29 is 13.5 Å². The molecule has 2 nitrogen and oxygen atoms in total. The van der Waals surface area contributed by atoms with Gasteiger partial charge in [-0.25, -0.2) is 13.8 Å². The predicted octanol–water partition coefficient (Wildman–Crippen LogP) is 3.10. The van der Waals surface area contributed by atoms with Crippen molar-refractivity contribution in [2.45, 2.75) is 13.3 Å². The van der Waals surface area contributed by atoms with Crippen molar-refractivity contribution in [1.29, 1.82) is 0 Å². The molecule has 0 aliphatic carbocycles. The van der Waals surface area contributed by atoms with Crippen LogP contribution in [0.15, 0.2) is 10.7 Å². The molecule has 5 heteroatoms. The molecule has 0 fully saturated rings. The van der Waals surface area contributed by atoms with Crippen LogP contribution < -0.4 is 4.74 Å². The number of pyridine rings is 1. The van der Waals surface area contributed by atoms with Gasteiger partial charge >= 0.3 is 0 Å². The van der Waals surface area contributed by atoms with Crippen molar-refractivity contribution in [3.63, 3.8) is 0 Å². The Kier molecular flexibility index (Phi) is 3.19. The van der Waals surface area contributed by atoms with Crippen LogP contribution in [0, 0.1) is 6.92 Å². The van der Waals surface area contributed by atoms with Crippen LogP contribution in [0.5, 0.6) is 5.75 Å². The van der Waals surface area contributed by atoms with Crippen LogP contribution in [0.2, 0.25) is 0 Å². The molecule has 0 aromatic carbocycles. The average Bonchev–Trinajstić information content (AvgIpc) is 2.01. The zero-order chi connectivity index (χ0) is 10.0. The molecule has 0 amide bonds. The summed E-state index contributed by atoms with van der Waals surface area (Å²) >= 11 is 3.10. The molecule has 0 radical (unpaired) electrons. The molecule has 1 rings (SSSR count). The summed E-state index contributed by atoms with van der Waals surface area (Å²) in [7, 11) is 1.35. The fraction of sp³-hybridized carbons (Fsp3) is 0.375. The zero-order valence-electron chi connectivity index (χ0n) is 7.14. The summed E-state index contributed by atoms with van der Waals surface area (Å²) in [5, 5.41) is 0. The third kappa shape index (κ3) is 2.15. The van der Waals surface area contributed by atoms with Gasteiger partial charge in [-0.2, -0.15) is 0 Å². The highest BCUT2D eigenvalue weighted by molar-refractivity contribution is 9.10. The fourth-order valence-electron chi connectivity index (χ4n) is 1.05. The minimum atomic E-state index is -2.56. The number of methoxy groups -OCH3 is 1. The monoisotopic (exact) mass is 251 g/mol. The number of nitrogens with zero attached hydrogens (tertiary/aromatic N) is 1. The molecule has 0 N–H and O–H groups in total. The number of halogens is 3. The molecule has 72 valence electrons. The van der Waals surface area contributed by atoms with Crippen molar-refractivity contribution in [3.05, 3.63) is 21.9 Å². The quantitative estimate of drug-likeness (QED) is 0.754. The summed E-state index contributed by atoms with van der Waals surface area (Å²) in [5.41, 5.74) is 0.131. The van der Waals surface area contributed by atoms with E-state index in [0.29, 0.717) is 4.60 Å². The van der Waals surface area contributed by atoms with Crippen LogP contribution in [0.3, 0.4) is 0 Å². The Balaban J connectivity index is 3.30. The molecule has 0 spiro atoms. The van der Waals surface area contributed by atoms with Gasteiger partial charge < -0.3 is 4.74 Å². The molecule has 0 aliphatic heterocycles. The minimum absolute atomic E-state index is 0.147. The lowest BCUT2D eigenvalue weighted by Gasteiger charge is -2.10. The van der Waals surface area contributed by atoms with Gasteiger partial charge in [-0.05, 0) is 22.9 Å². The Morgan fingerprint density at radius 3 is 2.62 bits per heavy atom. The maximum Gasteiger partial charge on any atom is 0.269 e. The van der Waals surface area contributed by atoms with Crippen LogP contribution in [0.1, 0.15) is 17.7 Å². The first-order chi connectivity index (χ1) is 6.06. The Morgan fingerprint density at radius 1 is 1.54 bits per heavy atom. The summed E-state index contributed by atoms with van der Waals surface area (Å²) in [6.07, 6.45) is -2.56. The smallest absolute Gasteiger partial charge is 0.269 e. The van der Waals surface area contributed by atoms with E-state index in [0.717, 1.165) is 0 Å². The van der Waals surface area contributed by atoms with E-state index in [2.05, 4.69) is 20.9 Å². The van der Waals surface area contributed by atoms with E-state index in [9.17, 15) is 8.78 Å². The lowest BCUT2D eigenvalue weighted by Crippen LogP contribution is -1.98. The number of aryl methyl sites for hydroxylation is 1. The first kappa shape index (κ1) is 10.4. The molecule has 0 saturated heterocycles. The van der Waals surface area contributed by atoms with Crippen molar-refractivity contribution in [3.8, 4) is 5.75 Å². The van der Waals surface area contributed by atoms with Gasteiger partial charge in [0.25, 0.3) is 6.43 Å². The van der Waals surface area contributed by atoms with Crippen LogP contribution in [-0.2, 0) is 0 Å². The van der Waals surface area contributed by atoms with Gasteiger partial charge in [-0.15, -0.1) is 0 Å². The maximum atomic E-state index is 12.5. The number of alkyl halides is 2. The van der Waals surface area contributed by atoms with Crippen LogP contribution in [0.4, 0.5) is 8.78 Å². The van der Waals surface area contributed by atoms with E-state index >= 15 is 0 Å². The molecule has 0 atom stereocenters. The Bertz CT molecular complexity index is 317. The molecular formula is C8H8BrF2NO. The van der Waals surface area contributed by atoms with E-state index in [-0.39, 0.29) is 17.0 Å². The third-order valence-corrected chi connectivity index (χ3v) is 2.02. The summed E-state index contributed by atoms with van der Waals surface area (Å²) in [5.74, 6) is 0.161. The molecule has 1 heterocycles.